The first-order chi connectivity index (χ1) is 16.5. The zero-order valence-corrected chi connectivity index (χ0v) is 19.6. The highest BCUT2D eigenvalue weighted by Crippen LogP contribution is 2.33. The molecule has 0 radical (unpaired) electrons. The summed E-state index contributed by atoms with van der Waals surface area (Å²) in [5, 5.41) is 6.05. The van der Waals surface area contributed by atoms with Gasteiger partial charge in [0.25, 0.3) is 0 Å². The van der Waals surface area contributed by atoms with Crippen LogP contribution in [0.3, 0.4) is 0 Å². The fourth-order valence-electron chi connectivity index (χ4n) is 3.82. The normalized spacial score (nSPS) is 15.8. The van der Waals surface area contributed by atoms with E-state index >= 15 is 0 Å². The summed E-state index contributed by atoms with van der Waals surface area (Å²) < 4.78 is 44.3. The number of rotatable bonds is 4. The molecule has 2 aromatic heterocycles. The number of ether oxygens (including phenoxy) is 1. The fraction of sp³-hybridized carbons (Fsp3) is 0.360. The van der Waals surface area contributed by atoms with E-state index in [2.05, 4.69) is 20.6 Å². The maximum atomic E-state index is 13.0. The number of alkyl halides is 3. The standard InChI is InChI=1S/C25H26F3N5O2/c1-24(2,3)35-23(34)31-18-10-11-20-19(13-18)22(33-21(32-20)15-5-4-12-29-14-15)30-17-8-6-16(7-9-17)25(26,27)28/h4-9,12,14,18H,10-11,13H2,1-3H3,(H,31,34)(H,30,32,33)/t18-/m1/s1. The van der Waals surface area contributed by atoms with Crippen molar-refractivity contribution < 1.29 is 22.7 Å². The van der Waals surface area contributed by atoms with Crippen LogP contribution in [0.15, 0.2) is 48.8 Å². The molecule has 1 aliphatic carbocycles. The van der Waals surface area contributed by atoms with E-state index in [9.17, 15) is 18.0 Å². The number of halogens is 3. The molecule has 1 aromatic carbocycles. The first-order valence-electron chi connectivity index (χ1n) is 11.2. The number of anilines is 2. The Morgan fingerprint density at radius 3 is 2.46 bits per heavy atom. The lowest BCUT2D eigenvalue weighted by molar-refractivity contribution is -0.137. The number of pyridine rings is 1. The maximum absolute atomic E-state index is 13.0. The molecular weight excluding hydrogens is 459 g/mol. The molecule has 0 unspecified atom stereocenters. The van der Waals surface area contributed by atoms with Crippen LogP contribution in [0.4, 0.5) is 29.5 Å². The van der Waals surface area contributed by atoms with Gasteiger partial charge in [0.15, 0.2) is 5.82 Å². The molecule has 4 rings (SSSR count). The van der Waals surface area contributed by atoms with Gasteiger partial charge in [0.2, 0.25) is 0 Å². The van der Waals surface area contributed by atoms with Gasteiger partial charge in [-0.1, -0.05) is 0 Å². The number of aromatic nitrogens is 3. The van der Waals surface area contributed by atoms with E-state index in [0.717, 1.165) is 29.0 Å². The van der Waals surface area contributed by atoms with Gasteiger partial charge in [0.05, 0.1) is 5.56 Å². The minimum atomic E-state index is -4.42. The summed E-state index contributed by atoms with van der Waals surface area (Å²) in [6.07, 6.45) is 0.0835. The third kappa shape index (κ3) is 6.26. The van der Waals surface area contributed by atoms with E-state index in [4.69, 9.17) is 9.72 Å². The number of fused-ring (bicyclic) bond motifs is 1. The van der Waals surface area contributed by atoms with Gasteiger partial charge in [0.1, 0.15) is 11.4 Å². The molecule has 7 nitrogen and oxygen atoms in total. The highest BCUT2D eigenvalue weighted by molar-refractivity contribution is 5.69. The van der Waals surface area contributed by atoms with E-state index in [1.165, 1.54) is 12.1 Å². The minimum Gasteiger partial charge on any atom is -0.444 e. The van der Waals surface area contributed by atoms with Gasteiger partial charge in [-0.3, -0.25) is 4.98 Å². The van der Waals surface area contributed by atoms with Crippen molar-refractivity contribution in [2.24, 2.45) is 0 Å². The minimum absolute atomic E-state index is 0.196. The number of hydrogen-bond donors (Lipinski definition) is 2. The van der Waals surface area contributed by atoms with E-state index < -0.39 is 23.4 Å². The number of nitrogens with zero attached hydrogens (tertiary/aromatic N) is 3. The average Bonchev–Trinajstić information content (AvgIpc) is 2.78. The zero-order valence-electron chi connectivity index (χ0n) is 19.6. The van der Waals surface area contributed by atoms with Gasteiger partial charge < -0.3 is 15.4 Å². The van der Waals surface area contributed by atoms with Gasteiger partial charge >= 0.3 is 12.3 Å². The topological polar surface area (TPSA) is 89.0 Å². The lowest BCUT2D eigenvalue weighted by Crippen LogP contribution is -2.42. The number of carbonyl (C=O) groups is 1. The van der Waals surface area contributed by atoms with E-state index in [-0.39, 0.29) is 6.04 Å². The molecule has 2 heterocycles. The third-order valence-corrected chi connectivity index (χ3v) is 5.39. The van der Waals surface area contributed by atoms with Gasteiger partial charge in [0, 0.05) is 40.9 Å². The highest BCUT2D eigenvalue weighted by atomic mass is 19.4. The average molecular weight is 486 g/mol. The number of benzene rings is 1. The summed E-state index contributed by atoms with van der Waals surface area (Å²) in [4.78, 5) is 25.8. The van der Waals surface area contributed by atoms with Crippen molar-refractivity contribution in [3.8, 4) is 11.4 Å². The van der Waals surface area contributed by atoms with Crippen molar-refractivity contribution in [1.29, 1.82) is 0 Å². The van der Waals surface area contributed by atoms with E-state index in [1.807, 2.05) is 6.07 Å². The predicted molar refractivity (Wildman–Crippen MR) is 125 cm³/mol. The van der Waals surface area contributed by atoms with Gasteiger partial charge in [-0.05, 0) is 76.4 Å². The molecule has 3 aromatic rings. The number of nitrogens with one attached hydrogen (secondary N) is 2. The van der Waals surface area contributed by atoms with E-state index in [1.54, 1.807) is 39.2 Å². The quantitative estimate of drug-likeness (QED) is 0.494. The molecule has 2 N–H and O–H groups in total. The highest BCUT2D eigenvalue weighted by Gasteiger charge is 2.30. The van der Waals surface area contributed by atoms with Crippen LogP contribution in [0.25, 0.3) is 11.4 Å². The van der Waals surface area contributed by atoms with Crippen molar-refractivity contribution in [2.75, 3.05) is 5.32 Å². The van der Waals surface area contributed by atoms with Crippen molar-refractivity contribution >= 4 is 17.6 Å². The van der Waals surface area contributed by atoms with Crippen molar-refractivity contribution in [2.45, 2.75) is 57.9 Å². The Morgan fingerprint density at radius 2 is 1.83 bits per heavy atom. The SMILES string of the molecule is CC(C)(C)OC(=O)N[C@@H]1CCc2nc(-c3cccnc3)nc(Nc3ccc(C(F)(F)F)cc3)c2C1. The lowest BCUT2D eigenvalue weighted by atomic mass is 9.91. The molecule has 1 amide bonds. The van der Waals surface area contributed by atoms with Crippen LogP contribution in [-0.4, -0.2) is 32.7 Å². The molecule has 1 atom stereocenters. The summed E-state index contributed by atoms with van der Waals surface area (Å²) in [7, 11) is 0. The molecule has 10 heteroatoms. The predicted octanol–water partition coefficient (Wildman–Crippen LogP) is 5.68. The molecule has 0 fully saturated rings. The lowest BCUT2D eigenvalue weighted by Gasteiger charge is -2.28. The Kier molecular flexibility index (Phi) is 6.64. The van der Waals surface area contributed by atoms with Crippen LogP contribution in [0, 0.1) is 0 Å². The van der Waals surface area contributed by atoms with Crippen molar-refractivity contribution in [3.05, 3.63) is 65.6 Å². The molecule has 0 saturated heterocycles. The maximum Gasteiger partial charge on any atom is 0.416 e. The summed E-state index contributed by atoms with van der Waals surface area (Å²) in [6.45, 7) is 5.38. The summed E-state index contributed by atoms with van der Waals surface area (Å²) in [5.74, 6) is 0.939. The Bertz CT molecular complexity index is 1190. The van der Waals surface area contributed by atoms with Crippen LogP contribution in [0.5, 0.6) is 0 Å². The second-order valence-electron chi connectivity index (χ2n) is 9.35. The summed E-state index contributed by atoms with van der Waals surface area (Å²) in [5.41, 5.74) is 1.44. The Balaban J connectivity index is 1.64. The number of hydrogen-bond acceptors (Lipinski definition) is 6. The summed E-state index contributed by atoms with van der Waals surface area (Å²) >= 11 is 0. The largest absolute Gasteiger partial charge is 0.444 e. The molecule has 35 heavy (non-hydrogen) atoms. The molecule has 0 bridgehead atoms. The van der Waals surface area contributed by atoms with Crippen LogP contribution in [0.1, 0.15) is 44.0 Å². The molecule has 0 saturated carbocycles. The van der Waals surface area contributed by atoms with Crippen molar-refractivity contribution in [3.63, 3.8) is 0 Å². The molecule has 1 aliphatic rings. The Hall–Kier alpha value is -3.69. The molecule has 184 valence electrons. The molecule has 0 spiro atoms. The molecular formula is C25H26F3N5O2. The van der Waals surface area contributed by atoms with Gasteiger partial charge in [-0.15, -0.1) is 0 Å². The fourth-order valence-corrected chi connectivity index (χ4v) is 3.82. The first kappa shape index (κ1) is 24.4. The van der Waals surface area contributed by atoms with Crippen LogP contribution in [-0.2, 0) is 23.8 Å². The summed E-state index contributed by atoms with van der Waals surface area (Å²) in [6, 6.07) is 8.18. The second kappa shape index (κ2) is 9.52. The van der Waals surface area contributed by atoms with Crippen LogP contribution >= 0.6 is 0 Å². The second-order valence-corrected chi connectivity index (χ2v) is 9.35. The van der Waals surface area contributed by atoms with Gasteiger partial charge in [-0.25, -0.2) is 14.8 Å². The van der Waals surface area contributed by atoms with Crippen LogP contribution < -0.4 is 10.6 Å². The number of carbonyl (C=O) groups excluding carboxylic acids is 1. The Morgan fingerprint density at radius 1 is 1.09 bits per heavy atom. The van der Waals surface area contributed by atoms with Crippen LogP contribution in [0.2, 0.25) is 0 Å². The number of alkyl carbamates (subject to hydrolysis) is 1. The first-order valence-corrected chi connectivity index (χ1v) is 11.2. The monoisotopic (exact) mass is 485 g/mol. The third-order valence-electron chi connectivity index (χ3n) is 5.39. The van der Waals surface area contributed by atoms with Crippen molar-refractivity contribution in [1.82, 2.24) is 20.3 Å². The number of aryl methyl sites for hydroxylation is 1. The van der Waals surface area contributed by atoms with Gasteiger partial charge in [-0.2, -0.15) is 13.2 Å². The zero-order chi connectivity index (χ0) is 25.2. The number of amides is 1. The molecule has 0 aliphatic heterocycles. The Labute approximate surface area is 201 Å². The smallest absolute Gasteiger partial charge is 0.416 e. The van der Waals surface area contributed by atoms with E-state index in [0.29, 0.717) is 36.6 Å².